The minimum Gasteiger partial charge on any atom is -0.497 e. The summed E-state index contributed by atoms with van der Waals surface area (Å²) in [5.41, 5.74) is 2.05. The maximum Gasteiger partial charge on any atom is 0.274 e. The highest BCUT2D eigenvalue weighted by molar-refractivity contribution is 6.30. The molecule has 0 aliphatic rings. The van der Waals surface area contributed by atoms with Gasteiger partial charge in [-0.05, 0) is 42.5 Å². The largest absolute Gasteiger partial charge is 0.497 e. The number of fused-ring (bicyclic) bond motifs is 1. The Bertz CT molecular complexity index is 1150. The number of nitrogens with one attached hydrogen (secondary N) is 2. The van der Waals surface area contributed by atoms with Crippen LogP contribution >= 0.6 is 11.6 Å². The van der Waals surface area contributed by atoms with Crippen molar-refractivity contribution < 1.29 is 4.74 Å². The molecule has 0 bridgehead atoms. The Balaban J connectivity index is 1.61. The van der Waals surface area contributed by atoms with Crippen LogP contribution in [0.4, 0.5) is 5.69 Å². The number of ether oxygens (including phenoxy) is 1. The van der Waals surface area contributed by atoms with Crippen LogP contribution in [0.15, 0.2) is 59.4 Å². The number of hydrogen-bond donors (Lipinski definition) is 2. The van der Waals surface area contributed by atoms with Gasteiger partial charge < -0.3 is 10.1 Å². The Morgan fingerprint density at radius 2 is 1.96 bits per heavy atom. The van der Waals surface area contributed by atoms with Crippen LogP contribution in [0, 0.1) is 0 Å². The molecule has 0 unspecified atom stereocenters. The third-order valence-corrected chi connectivity index (χ3v) is 4.28. The molecule has 0 saturated heterocycles. The average molecular weight is 382 g/mol. The van der Waals surface area contributed by atoms with Gasteiger partial charge in [0.2, 0.25) is 0 Å². The van der Waals surface area contributed by atoms with Crippen LogP contribution in [-0.2, 0) is 6.54 Å². The summed E-state index contributed by atoms with van der Waals surface area (Å²) in [6.45, 7) is 0.386. The highest BCUT2D eigenvalue weighted by Crippen LogP contribution is 2.19. The van der Waals surface area contributed by atoms with Gasteiger partial charge in [-0.2, -0.15) is 9.50 Å². The van der Waals surface area contributed by atoms with E-state index in [2.05, 4.69) is 20.4 Å². The monoisotopic (exact) mass is 381 g/mol. The molecular formula is C19H16ClN5O2. The van der Waals surface area contributed by atoms with Crippen LogP contribution < -0.4 is 15.6 Å². The van der Waals surface area contributed by atoms with Gasteiger partial charge in [0.1, 0.15) is 5.75 Å². The summed E-state index contributed by atoms with van der Waals surface area (Å²) >= 11 is 5.98. The van der Waals surface area contributed by atoms with Gasteiger partial charge in [-0.1, -0.05) is 17.7 Å². The summed E-state index contributed by atoms with van der Waals surface area (Å²) in [7, 11) is 1.61. The molecule has 0 saturated carbocycles. The van der Waals surface area contributed by atoms with Crippen LogP contribution in [0.25, 0.3) is 17.2 Å². The van der Waals surface area contributed by atoms with Crippen LogP contribution in [0.2, 0.25) is 5.02 Å². The first-order chi connectivity index (χ1) is 13.1. The molecule has 0 spiro atoms. The lowest BCUT2D eigenvalue weighted by Gasteiger charge is -2.05. The number of rotatable bonds is 5. The summed E-state index contributed by atoms with van der Waals surface area (Å²) in [6.07, 6.45) is 0. The lowest BCUT2D eigenvalue weighted by molar-refractivity contribution is 0.415. The summed E-state index contributed by atoms with van der Waals surface area (Å²) in [4.78, 5) is 21.3. The minimum absolute atomic E-state index is 0.227. The second-order valence-corrected chi connectivity index (χ2v) is 6.32. The smallest absolute Gasteiger partial charge is 0.274 e. The predicted octanol–water partition coefficient (Wildman–Crippen LogP) is 3.36. The number of methoxy groups -OCH3 is 1. The number of hydrogen-bond acceptors (Lipinski definition) is 5. The number of H-pyrrole nitrogens is 1. The molecule has 0 radical (unpaired) electrons. The standard InChI is InChI=1S/C19H16ClN5O2/c1-27-16-7-5-12(6-8-16)18-23-19-22-15(10-17(26)25(19)24-18)11-21-14-4-2-3-13(20)9-14/h2-10,21H,11H2,1H3,(H,22,23,24). The molecule has 2 heterocycles. The topological polar surface area (TPSA) is 84.3 Å². The van der Waals surface area contributed by atoms with Crippen molar-refractivity contribution in [1.29, 1.82) is 0 Å². The summed E-state index contributed by atoms with van der Waals surface area (Å²) in [6, 6.07) is 16.2. The van der Waals surface area contributed by atoms with E-state index in [1.807, 2.05) is 42.5 Å². The molecule has 136 valence electrons. The van der Waals surface area contributed by atoms with Gasteiger partial charge in [-0.25, -0.2) is 4.98 Å². The fourth-order valence-electron chi connectivity index (χ4n) is 2.69. The highest BCUT2D eigenvalue weighted by Gasteiger charge is 2.10. The van der Waals surface area contributed by atoms with Gasteiger partial charge in [-0.15, -0.1) is 0 Å². The number of aromatic amines is 1. The van der Waals surface area contributed by atoms with E-state index in [1.54, 1.807) is 13.2 Å². The molecule has 0 atom stereocenters. The number of benzene rings is 2. The van der Waals surface area contributed by atoms with Gasteiger partial charge in [-0.3, -0.25) is 9.89 Å². The molecule has 4 rings (SSSR count). The second-order valence-electron chi connectivity index (χ2n) is 5.89. The summed E-state index contributed by atoms with van der Waals surface area (Å²) < 4.78 is 6.48. The Hall–Kier alpha value is -3.32. The SMILES string of the molecule is COc1ccc(-c2nc3nc(CNc4cccc(Cl)c4)cc(=O)n3[nH]2)cc1. The molecule has 2 aromatic carbocycles. The van der Waals surface area contributed by atoms with E-state index >= 15 is 0 Å². The van der Waals surface area contributed by atoms with Gasteiger partial charge in [0.15, 0.2) is 5.82 Å². The molecule has 2 aromatic heterocycles. The first-order valence-corrected chi connectivity index (χ1v) is 8.63. The van der Waals surface area contributed by atoms with Crippen LogP contribution in [-0.4, -0.2) is 26.7 Å². The maximum absolute atomic E-state index is 12.4. The third kappa shape index (κ3) is 3.63. The first kappa shape index (κ1) is 17.1. The Labute approximate surface area is 159 Å². The number of aromatic nitrogens is 4. The molecule has 27 heavy (non-hydrogen) atoms. The Morgan fingerprint density at radius 1 is 1.15 bits per heavy atom. The Morgan fingerprint density at radius 3 is 2.70 bits per heavy atom. The second kappa shape index (κ2) is 7.13. The lowest BCUT2D eigenvalue weighted by atomic mass is 10.2. The molecule has 7 nitrogen and oxygen atoms in total. The van der Waals surface area contributed by atoms with Crippen molar-refractivity contribution in [3.05, 3.63) is 75.7 Å². The normalized spacial score (nSPS) is 10.9. The van der Waals surface area contributed by atoms with E-state index in [9.17, 15) is 4.79 Å². The zero-order valence-electron chi connectivity index (χ0n) is 14.4. The van der Waals surface area contributed by atoms with Crippen LogP contribution in [0.3, 0.4) is 0 Å². The van der Waals surface area contributed by atoms with Gasteiger partial charge in [0.05, 0.1) is 19.3 Å². The predicted molar refractivity (Wildman–Crippen MR) is 104 cm³/mol. The molecule has 0 amide bonds. The number of nitrogens with zero attached hydrogens (tertiary/aromatic N) is 3. The van der Waals surface area contributed by atoms with E-state index in [1.165, 1.54) is 10.6 Å². The van der Waals surface area contributed by atoms with E-state index in [4.69, 9.17) is 16.3 Å². The first-order valence-electron chi connectivity index (χ1n) is 8.25. The molecule has 8 heteroatoms. The van der Waals surface area contributed by atoms with E-state index < -0.39 is 0 Å². The number of halogens is 1. The van der Waals surface area contributed by atoms with Crippen molar-refractivity contribution in [3.8, 4) is 17.1 Å². The molecule has 0 aliphatic carbocycles. The highest BCUT2D eigenvalue weighted by atomic mass is 35.5. The van der Waals surface area contributed by atoms with Gasteiger partial charge in [0, 0.05) is 22.3 Å². The van der Waals surface area contributed by atoms with Crippen LogP contribution in [0.5, 0.6) is 5.75 Å². The molecule has 0 fully saturated rings. The fraction of sp³-hybridized carbons (Fsp3) is 0.105. The zero-order valence-corrected chi connectivity index (χ0v) is 15.2. The summed E-state index contributed by atoms with van der Waals surface area (Å²) in [5, 5.41) is 6.81. The van der Waals surface area contributed by atoms with Crippen molar-refractivity contribution in [2.75, 3.05) is 12.4 Å². The van der Waals surface area contributed by atoms with Crippen LogP contribution in [0.1, 0.15) is 5.69 Å². The molecule has 2 N–H and O–H groups in total. The van der Waals surface area contributed by atoms with Gasteiger partial charge >= 0.3 is 0 Å². The lowest BCUT2D eigenvalue weighted by Crippen LogP contribution is -2.17. The van der Waals surface area contributed by atoms with E-state index in [0.29, 0.717) is 28.9 Å². The molecule has 0 aliphatic heterocycles. The Kier molecular flexibility index (Phi) is 4.52. The molecular weight excluding hydrogens is 366 g/mol. The van der Waals surface area contributed by atoms with Crippen molar-refractivity contribution in [2.24, 2.45) is 0 Å². The minimum atomic E-state index is -0.227. The van der Waals surface area contributed by atoms with Crippen molar-refractivity contribution in [1.82, 2.24) is 19.6 Å². The quantitative estimate of drug-likeness (QED) is 0.553. The zero-order chi connectivity index (χ0) is 18.8. The van der Waals surface area contributed by atoms with E-state index in [-0.39, 0.29) is 5.56 Å². The van der Waals surface area contributed by atoms with Crippen molar-refractivity contribution in [2.45, 2.75) is 6.54 Å². The van der Waals surface area contributed by atoms with E-state index in [0.717, 1.165) is 17.0 Å². The maximum atomic E-state index is 12.4. The number of anilines is 1. The summed E-state index contributed by atoms with van der Waals surface area (Å²) in [5.74, 6) is 1.62. The van der Waals surface area contributed by atoms with Crippen molar-refractivity contribution in [3.63, 3.8) is 0 Å². The third-order valence-electron chi connectivity index (χ3n) is 4.05. The molecule has 4 aromatic rings. The van der Waals surface area contributed by atoms with Gasteiger partial charge in [0.25, 0.3) is 11.3 Å². The fourth-order valence-corrected chi connectivity index (χ4v) is 2.88. The average Bonchev–Trinajstić information content (AvgIpc) is 3.11. The van der Waals surface area contributed by atoms with Crippen molar-refractivity contribution >= 4 is 23.1 Å².